The number of aromatic nitrogens is 4. The number of nitrogens with one attached hydrogen (secondary N) is 1. The Bertz CT molecular complexity index is 1070. The molecule has 0 saturated heterocycles. The Morgan fingerprint density at radius 2 is 2.30 bits per heavy atom. The van der Waals surface area contributed by atoms with Crippen LogP contribution in [0.5, 0.6) is 5.75 Å². The van der Waals surface area contributed by atoms with Gasteiger partial charge in [0.2, 0.25) is 10.9 Å². The van der Waals surface area contributed by atoms with Crippen LogP contribution in [0.3, 0.4) is 0 Å². The topological polar surface area (TPSA) is 94.5 Å². The smallest absolute Gasteiger partial charge is 0.226 e. The molecule has 0 aliphatic carbocycles. The highest BCUT2D eigenvalue weighted by Crippen LogP contribution is 2.24. The van der Waals surface area contributed by atoms with Crippen molar-refractivity contribution < 1.29 is 14.1 Å². The van der Waals surface area contributed by atoms with Gasteiger partial charge in [0.15, 0.2) is 5.76 Å². The molecule has 1 aromatic carbocycles. The van der Waals surface area contributed by atoms with Crippen LogP contribution in [0.1, 0.15) is 11.4 Å². The maximum Gasteiger partial charge on any atom is 0.226 e. The molecule has 0 aliphatic heterocycles. The van der Waals surface area contributed by atoms with E-state index in [1.165, 1.54) is 17.7 Å². The highest BCUT2D eigenvalue weighted by atomic mass is 32.1. The molecule has 0 atom stereocenters. The number of methoxy groups -OCH3 is 1. The molecular formula is C18H17N5O3S. The molecule has 0 saturated carbocycles. The summed E-state index contributed by atoms with van der Waals surface area (Å²) in [5, 5.41) is 13.0. The predicted octanol–water partition coefficient (Wildman–Crippen LogP) is 2.36. The highest BCUT2D eigenvalue weighted by molar-refractivity contribution is 7.15. The van der Waals surface area contributed by atoms with Crippen molar-refractivity contribution in [1.29, 1.82) is 0 Å². The van der Waals surface area contributed by atoms with Crippen LogP contribution in [0.25, 0.3) is 16.3 Å². The summed E-state index contributed by atoms with van der Waals surface area (Å²) in [6, 6.07) is 9.26. The Hall–Kier alpha value is -3.20. The number of nitrogens with zero attached hydrogens (tertiary/aromatic N) is 4. The molecule has 0 spiro atoms. The maximum atomic E-state index is 12.2. The van der Waals surface area contributed by atoms with Crippen molar-refractivity contribution in [3.8, 4) is 17.1 Å². The molecule has 27 heavy (non-hydrogen) atoms. The summed E-state index contributed by atoms with van der Waals surface area (Å²) in [5.41, 5.74) is 2.46. The van der Waals surface area contributed by atoms with Crippen LogP contribution in [0, 0.1) is 0 Å². The largest absolute Gasteiger partial charge is 0.497 e. The number of rotatable bonds is 7. The van der Waals surface area contributed by atoms with Gasteiger partial charge in [-0.1, -0.05) is 17.3 Å². The zero-order valence-electron chi connectivity index (χ0n) is 14.6. The van der Waals surface area contributed by atoms with E-state index in [4.69, 9.17) is 9.26 Å². The van der Waals surface area contributed by atoms with Gasteiger partial charge >= 0.3 is 0 Å². The fraction of sp³-hybridized carbons (Fsp3) is 0.222. The van der Waals surface area contributed by atoms with Gasteiger partial charge in [-0.25, -0.2) is 9.50 Å². The zero-order valence-corrected chi connectivity index (χ0v) is 15.4. The first-order valence-corrected chi connectivity index (χ1v) is 9.24. The molecule has 0 bridgehead atoms. The summed E-state index contributed by atoms with van der Waals surface area (Å²) >= 11 is 1.53. The zero-order chi connectivity index (χ0) is 18.6. The van der Waals surface area contributed by atoms with Crippen molar-refractivity contribution >= 4 is 22.2 Å². The Kier molecular flexibility index (Phi) is 4.84. The van der Waals surface area contributed by atoms with E-state index < -0.39 is 0 Å². The lowest BCUT2D eigenvalue weighted by molar-refractivity contribution is -0.120. The first kappa shape index (κ1) is 17.2. The third-order valence-corrected chi connectivity index (χ3v) is 4.93. The fourth-order valence-electron chi connectivity index (χ4n) is 2.71. The molecule has 138 valence electrons. The summed E-state index contributed by atoms with van der Waals surface area (Å²) in [7, 11) is 1.61. The van der Waals surface area contributed by atoms with Crippen LogP contribution in [0.15, 0.2) is 46.6 Å². The number of fused-ring (bicyclic) bond motifs is 1. The summed E-state index contributed by atoms with van der Waals surface area (Å²) < 4.78 is 12.3. The van der Waals surface area contributed by atoms with Gasteiger partial charge in [-0.2, -0.15) is 5.10 Å². The number of ether oxygens (including phenoxy) is 1. The van der Waals surface area contributed by atoms with Gasteiger partial charge in [-0.15, -0.1) is 11.3 Å². The molecule has 3 heterocycles. The number of thiazole rings is 1. The van der Waals surface area contributed by atoms with E-state index in [2.05, 4.69) is 20.6 Å². The number of hydrogen-bond acceptors (Lipinski definition) is 7. The van der Waals surface area contributed by atoms with E-state index in [1.54, 1.807) is 17.7 Å². The van der Waals surface area contributed by atoms with Gasteiger partial charge < -0.3 is 14.6 Å². The number of hydrogen-bond donors (Lipinski definition) is 1. The van der Waals surface area contributed by atoms with Gasteiger partial charge in [0.1, 0.15) is 12.1 Å². The van der Waals surface area contributed by atoms with Gasteiger partial charge in [0, 0.05) is 30.0 Å². The monoisotopic (exact) mass is 383 g/mol. The second kappa shape index (κ2) is 7.58. The highest BCUT2D eigenvalue weighted by Gasteiger charge is 2.12. The van der Waals surface area contributed by atoms with Crippen molar-refractivity contribution in [2.24, 2.45) is 0 Å². The quantitative estimate of drug-likeness (QED) is 0.526. The Balaban J connectivity index is 1.32. The minimum atomic E-state index is -0.106. The summed E-state index contributed by atoms with van der Waals surface area (Å²) in [4.78, 5) is 17.1. The third-order valence-electron chi connectivity index (χ3n) is 4.05. The first-order valence-electron chi connectivity index (χ1n) is 8.36. The van der Waals surface area contributed by atoms with Gasteiger partial charge in [-0.3, -0.25) is 4.79 Å². The summed E-state index contributed by atoms with van der Waals surface area (Å²) in [6.45, 7) is 0.519. The number of benzene rings is 1. The molecular weight excluding hydrogens is 366 g/mol. The van der Waals surface area contributed by atoms with Crippen molar-refractivity contribution in [2.75, 3.05) is 13.7 Å². The van der Waals surface area contributed by atoms with Crippen LogP contribution >= 0.6 is 11.3 Å². The predicted molar refractivity (Wildman–Crippen MR) is 99.8 cm³/mol. The van der Waals surface area contributed by atoms with Crippen LogP contribution in [-0.4, -0.2) is 39.3 Å². The van der Waals surface area contributed by atoms with Crippen LogP contribution in [0.2, 0.25) is 0 Å². The molecule has 9 heteroatoms. The summed E-state index contributed by atoms with van der Waals surface area (Å²) in [6.07, 6.45) is 2.37. The van der Waals surface area contributed by atoms with Crippen LogP contribution in [-0.2, 0) is 17.6 Å². The molecule has 4 rings (SSSR count). The number of carbonyl (C=O) groups is 1. The van der Waals surface area contributed by atoms with Crippen LogP contribution in [0.4, 0.5) is 0 Å². The second-order valence-corrected chi connectivity index (χ2v) is 6.71. The average Bonchev–Trinajstić information content (AvgIpc) is 3.40. The van der Waals surface area contributed by atoms with Crippen molar-refractivity contribution in [1.82, 2.24) is 25.1 Å². The lowest BCUT2D eigenvalue weighted by atomic mass is 10.1. The normalized spacial score (nSPS) is 11.0. The average molecular weight is 383 g/mol. The lowest BCUT2D eigenvalue weighted by Gasteiger charge is -2.02. The second-order valence-electron chi connectivity index (χ2n) is 5.87. The van der Waals surface area contributed by atoms with Gasteiger partial charge in [0.25, 0.3) is 0 Å². The van der Waals surface area contributed by atoms with Gasteiger partial charge in [0.05, 0.1) is 24.9 Å². The van der Waals surface area contributed by atoms with Gasteiger partial charge in [-0.05, 0) is 12.1 Å². The molecule has 0 radical (unpaired) electrons. The fourth-order valence-corrected chi connectivity index (χ4v) is 3.54. The molecule has 1 amide bonds. The summed E-state index contributed by atoms with van der Waals surface area (Å²) in [5.74, 6) is 1.23. The molecule has 0 fully saturated rings. The minimum absolute atomic E-state index is 0.106. The van der Waals surface area contributed by atoms with Crippen molar-refractivity contribution in [3.05, 3.63) is 53.4 Å². The Morgan fingerprint density at radius 3 is 3.19 bits per heavy atom. The minimum Gasteiger partial charge on any atom is -0.497 e. The van der Waals surface area contributed by atoms with E-state index in [1.807, 2.05) is 29.6 Å². The first-order chi connectivity index (χ1) is 13.2. The molecule has 8 nitrogen and oxygen atoms in total. The van der Waals surface area contributed by atoms with E-state index in [0.29, 0.717) is 24.4 Å². The molecule has 1 N–H and O–H groups in total. The molecule has 0 aliphatic rings. The third kappa shape index (κ3) is 3.82. The van der Waals surface area contributed by atoms with E-state index in [-0.39, 0.29) is 12.3 Å². The lowest BCUT2D eigenvalue weighted by Crippen LogP contribution is -2.27. The number of carbonyl (C=O) groups excluding carboxylic acids is 1. The SMILES string of the molecule is COc1cccc(-c2cc(CC(=O)NCCc3csc4ncnn34)no2)c1. The van der Waals surface area contributed by atoms with Crippen LogP contribution < -0.4 is 10.1 Å². The molecule has 3 aromatic heterocycles. The molecule has 4 aromatic rings. The Labute approximate surface area is 158 Å². The van der Waals surface area contributed by atoms with Crippen molar-refractivity contribution in [2.45, 2.75) is 12.8 Å². The maximum absolute atomic E-state index is 12.2. The standard InChI is InChI=1S/C18H17N5O3S/c1-25-15-4-2-3-12(7-15)16-8-13(22-26-16)9-17(24)19-6-5-14-10-27-18-20-11-21-23(14)18/h2-4,7-8,10-11H,5-6,9H2,1H3,(H,19,24). The van der Waals surface area contributed by atoms with Crippen molar-refractivity contribution in [3.63, 3.8) is 0 Å². The Morgan fingerprint density at radius 1 is 1.37 bits per heavy atom. The van der Waals surface area contributed by atoms with E-state index in [0.717, 1.165) is 22.0 Å². The number of amides is 1. The van der Waals surface area contributed by atoms with E-state index >= 15 is 0 Å². The van der Waals surface area contributed by atoms with E-state index in [9.17, 15) is 4.79 Å². The molecule has 0 unspecified atom stereocenters.